The predicted octanol–water partition coefficient (Wildman–Crippen LogP) is 5.70. The molecule has 7 heteroatoms. The molecule has 0 fully saturated rings. The van der Waals surface area contributed by atoms with Crippen molar-refractivity contribution in [2.24, 2.45) is 0 Å². The highest BCUT2D eigenvalue weighted by Gasteiger charge is 2.16. The minimum absolute atomic E-state index is 0.0989. The summed E-state index contributed by atoms with van der Waals surface area (Å²) in [4.78, 5) is 30.8. The molecule has 0 saturated heterocycles. The first-order valence-corrected chi connectivity index (χ1v) is 11.5. The van der Waals surface area contributed by atoms with Crippen molar-refractivity contribution in [1.82, 2.24) is 9.55 Å². The molecule has 0 saturated carbocycles. The van der Waals surface area contributed by atoms with Crippen LogP contribution in [0.1, 0.15) is 16.7 Å². The first-order chi connectivity index (χ1) is 15.3. The third kappa shape index (κ3) is 4.42. The maximum Gasteiger partial charge on any atom is 0.266 e. The van der Waals surface area contributed by atoms with Gasteiger partial charge in [0.2, 0.25) is 5.91 Å². The molecule has 0 bridgehead atoms. The lowest BCUT2D eigenvalue weighted by Gasteiger charge is -2.16. The Balaban J connectivity index is 1.70. The van der Waals surface area contributed by atoms with Gasteiger partial charge in [0.25, 0.3) is 5.56 Å². The second kappa shape index (κ2) is 9.18. The van der Waals surface area contributed by atoms with Crippen molar-refractivity contribution in [2.45, 2.75) is 25.9 Å². The third-order valence-corrected chi connectivity index (χ3v) is 6.56. The molecular weight excluding hydrogens is 442 g/mol. The second-order valence-electron chi connectivity index (χ2n) is 7.59. The smallest absolute Gasteiger partial charge is 0.266 e. The number of rotatable bonds is 5. The van der Waals surface area contributed by atoms with E-state index in [1.54, 1.807) is 22.8 Å². The average molecular weight is 464 g/mol. The normalized spacial score (nSPS) is 11.0. The van der Waals surface area contributed by atoms with E-state index >= 15 is 0 Å². The van der Waals surface area contributed by atoms with Crippen LogP contribution < -0.4 is 10.9 Å². The number of para-hydroxylation sites is 1. The first-order valence-electron chi connectivity index (χ1n) is 10.1. The van der Waals surface area contributed by atoms with E-state index in [-0.39, 0.29) is 17.2 Å². The van der Waals surface area contributed by atoms with Crippen LogP contribution in [0.25, 0.3) is 16.6 Å². The van der Waals surface area contributed by atoms with E-state index in [4.69, 9.17) is 16.6 Å². The number of hydrogen-bond acceptors (Lipinski definition) is 4. The van der Waals surface area contributed by atoms with Gasteiger partial charge in [0, 0.05) is 10.7 Å². The third-order valence-electron chi connectivity index (χ3n) is 5.21. The number of thioether (sulfide) groups is 1. The quantitative estimate of drug-likeness (QED) is 0.305. The van der Waals surface area contributed by atoms with Crippen LogP contribution in [0.3, 0.4) is 0 Å². The van der Waals surface area contributed by atoms with Gasteiger partial charge in [-0.3, -0.25) is 14.2 Å². The zero-order valence-electron chi connectivity index (χ0n) is 18.0. The zero-order chi connectivity index (χ0) is 22.8. The molecule has 1 heterocycles. The number of amides is 1. The van der Waals surface area contributed by atoms with Gasteiger partial charge >= 0.3 is 0 Å². The Hall–Kier alpha value is -3.09. The molecule has 3 aromatic carbocycles. The van der Waals surface area contributed by atoms with Crippen molar-refractivity contribution in [1.29, 1.82) is 0 Å². The van der Waals surface area contributed by atoms with Crippen LogP contribution in [0.5, 0.6) is 0 Å². The molecule has 0 spiro atoms. The maximum atomic E-state index is 13.4. The monoisotopic (exact) mass is 463 g/mol. The highest BCUT2D eigenvalue weighted by Crippen LogP contribution is 2.26. The molecular formula is C25H22ClN3O2S. The zero-order valence-corrected chi connectivity index (χ0v) is 19.6. The fourth-order valence-corrected chi connectivity index (χ4v) is 4.52. The number of benzene rings is 3. The van der Waals surface area contributed by atoms with Gasteiger partial charge in [-0.2, -0.15) is 0 Å². The summed E-state index contributed by atoms with van der Waals surface area (Å²) < 4.78 is 1.60. The lowest BCUT2D eigenvalue weighted by atomic mass is 10.1. The molecule has 0 aliphatic carbocycles. The molecule has 4 aromatic rings. The van der Waals surface area contributed by atoms with Gasteiger partial charge in [-0.25, -0.2) is 4.98 Å². The summed E-state index contributed by atoms with van der Waals surface area (Å²) in [6, 6.07) is 18.5. The summed E-state index contributed by atoms with van der Waals surface area (Å²) in [5.41, 5.74) is 4.75. The maximum absolute atomic E-state index is 13.4. The van der Waals surface area contributed by atoms with Gasteiger partial charge in [-0.1, -0.05) is 59.3 Å². The molecule has 0 aliphatic heterocycles. The fraction of sp³-hybridized carbons (Fsp3) is 0.160. The topological polar surface area (TPSA) is 64.0 Å². The highest BCUT2D eigenvalue weighted by atomic mass is 35.5. The van der Waals surface area contributed by atoms with Crippen molar-refractivity contribution in [3.63, 3.8) is 0 Å². The largest absolute Gasteiger partial charge is 0.325 e. The molecule has 1 amide bonds. The van der Waals surface area contributed by atoms with Crippen LogP contribution >= 0.6 is 23.4 Å². The number of carbonyl (C=O) groups is 1. The molecule has 32 heavy (non-hydrogen) atoms. The van der Waals surface area contributed by atoms with Crippen LogP contribution in [0, 0.1) is 20.8 Å². The van der Waals surface area contributed by atoms with Crippen LogP contribution in [-0.2, 0) is 4.79 Å². The SMILES string of the molecule is Cc1ccc(-n2c(SCC(=O)Nc3cccc(Cl)c3C)nc3ccccc3c2=O)c(C)c1. The van der Waals surface area contributed by atoms with E-state index in [2.05, 4.69) is 5.32 Å². The summed E-state index contributed by atoms with van der Waals surface area (Å²) >= 11 is 7.38. The summed E-state index contributed by atoms with van der Waals surface area (Å²) in [6.45, 7) is 5.83. The molecule has 4 rings (SSSR count). The summed E-state index contributed by atoms with van der Waals surface area (Å²) in [7, 11) is 0. The Morgan fingerprint density at radius 2 is 1.84 bits per heavy atom. The Morgan fingerprint density at radius 1 is 1.06 bits per heavy atom. The second-order valence-corrected chi connectivity index (χ2v) is 8.94. The highest BCUT2D eigenvalue weighted by molar-refractivity contribution is 7.99. The van der Waals surface area contributed by atoms with E-state index in [1.807, 2.05) is 63.2 Å². The van der Waals surface area contributed by atoms with Crippen LogP contribution in [0.15, 0.2) is 70.6 Å². The number of halogens is 1. The van der Waals surface area contributed by atoms with E-state index in [9.17, 15) is 9.59 Å². The van der Waals surface area contributed by atoms with Crippen LogP contribution in [0.2, 0.25) is 5.02 Å². The standard InChI is InChI=1S/C25H22ClN3O2S/c1-15-11-12-22(16(2)13-15)29-24(31)18-7-4-5-9-21(18)28-25(29)32-14-23(30)27-20-10-6-8-19(26)17(20)3/h4-13H,14H2,1-3H3,(H,27,30). The van der Waals surface area contributed by atoms with Gasteiger partial charge in [0.15, 0.2) is 5.16 Å². The summed E-state index contributed by atoms with van der Waals surface area (Å²) in [6.07, 6.45) is 0. The van der Waals surface area contributed by atoms with Crippen molar-refractivity contribution >= 4 is 45.9 Å². The number of nitrogens with zero attached hydrogens (tertiary/aromatic N) is 2. The number of fused-ring (bicyclic) bond motifs is 1. The van der Waals surface area contributed by atoms with E-state index in [0.717, 1.165) is 22.4 Å². The Morgan fingerprint density at radius 3 is 2.62 bits per heavy atom. The molecule has 0 aliphatic rings. The molecule has 0 radical (unpaired) electrons. The van der Waals surface area contributed by atoms with Crippen molar-refractivity contribution < 1.29 is 4.79 Å². The number of hydrogen-bond donors (Lipinski definition) is 1. The predicted molar refractivity (Wildman–Crippen MR) is 132 cm³/mol. The summed E-state index contributed by atoms with van der Waals surface area (Å²) in [5, 5.41) is 4.49. The van der Waals surface area contributed by atoms with Gasteiger partial charge in [0.05, 0.1) is 22.3 Å². The lowest BCUT2D eigenvalue weighted by molar-refractivity contribution is -0.113. The first kappa shape index (κ1) is 22.1. The minimum Gasteiger partial charge on any atom is -0.325 e. The van der Waals surface area contributed by atoms with E-state index in [0.29, 0.717) is 26.8 Å². The van der Waals surface area contributed by atoms with E-state index < -0.39 is 0 Å². The molecule has 1 N–H and O–H groups in total. The van der Waals surface area contributed by atoms with Crippen molar-refractivity contribution in [3.8, 4) is 5.69 Å². The van der Waals surface area contributed by atoms with Crippen LogP contribution in [0.4, 0.5) is 5.69 Å². The Bertz CT molecular complexity index is 1400. The number of aryl methyl sites for hydroxylation is 2. The van der Waals surface area contributed by atoms with Crippen molar-refractivity contribution in [2.75, 3.05) is 11.1 Å². The van der Waals surface area contributed by atoms with Gasteiger partial charge in [-0.15, -0.1) is 0 Å². The number of anilines is 1. The molecule has 1 aromatic heterocycles. The molecule has 5 nitrogen and oxygen atoms in total. The van der Waals surface area contributed by atoms with Gasteiger partial charge in [0.1, 0.15) is 0 Å². The van der Waals surface area contributed by atoms with Gasteiger partial charge < -0.3 is 5.32 Å². The minimum atomic E-state index is -0.199. The number of nitrogens with one attached hydrogen (secondary N) is 1. The molecule has 162 valence electrons. The van der Waals surface area contributed by atoms with E-state index in [1.165, 1.54) is 11.8 Å². The molecule has 0 unspecified atom stereocenters. The fourth-order valence-electron chi connectivity index (χ4n) is 3.54. The number of aromatic nitrogens is 2. The molecule has 0 atom stereocenters. The average Bonchev–Trinajstić information content (AvgIpc) is 2.76. The van der Waals surface area contributed by atoms with Crippen LogP contribution in [-0.4, -0.2) is 21.2 Å². The summed E-state index contributed by atoms with van der Waals surface area (Å²) in [5.74, 6) is -0.100. The number of carbonyl (C=O) groups excluding carboxylic acids is 1. The lowest BCUT2D eigenvalue weighted by Crippen LogP contribution is -2.23. The van der Waals surface area contributed by atoms with Crippen molar-refractivity contribution in [3.05, 3.63) is 92.7 Å². The van der Waals surface area contributed by atoms with Gasteiger partial charge in [-0.05, 0) is 62.2 Å². The Kier molecular flexibility index (Phi) is 6.35. The Labute approximate surface area is 195 Å².